The van der Waals surface area contributed by atoms with Crippen molar-refractivity contribution >= 4 is 27.7 Å². The fraction of sp³-hybridized carbons (Fsp3) is 0.143. The third-order valence-corrected chi connectivity index (χ3v) is 4.69. The lowest BCUT2D eigenvalue weighted by Crippen LogP contribution is -2.23. The summed E-state index contributed by atoms with van der Waals surface area (Å²) < 4.78 is 26.6. The van der Waals surface area contributed by atoms with Gasteiger partial charge in [-0.1, -0.05) is 30.3 Å². The van der Waals surface area contributed by atoms with Crippen molar-refractivity contribution in [1.29, 1.82) is 0 Å². The van der Waals surface area contributed by atoms with Crippen LogP contribution in [0.1, 0.15) is 11.1 Å². The van der Waals surface area contributed by atoms with Gasteiger partial charge in [0.05, 0.1) is 18.1 Å². The Labute approximate surface area is 170 Å². The van der Waals surface area contributed by atoms with E-state index in [1.807, 2.05) is 36.5 Å². The zero-order valence-corrected chi connectivity index (χ0v) is 17.0. The largest absolute Gasteiger partial charge is 0.338 e. The predicted octanol–water partition coefficient (Wildman–Crippen LogP) is 2.92. The molecule has 1 aromatic heterocycles. The molecule has 0 saturated heterocycles. The number of carbonyl (C=O) groups is 1. The zero-order chi connectivity index (χ0) is 20.9. The molecule has 3 rings (SSSR count). The summed E-state index contributed by atoms with van der Waals surface area (Å²) in [5, 5.41) is 4.34. The fourth-order valence-electron chi connectivity index (χ4n) is 2.69. The lowest BCUT2D eigenvalue weighted by Gasteiger charge is -2.13. The molecule has 29 heavy (non-hydrogen) atoms. The molecule has 150 valence electrons. The Morgan fingerprint density at radius 2 is 1.83 bits per heavy atom. The van der Waals surface area contributed by atoms with E-state index in [4.69, 9.17) is 0 Å². The highest BCUT2D eigenvalue weighted by Gasteiger charge is 2.08. The maximum absolute atomic E-state index is 12.4. The number of nitrogens with one attached hydrogen (secondary N) is 1. The number of nitrogens with zero attached hydrogens (tertiary/aromatic N) is 3. The molecule has 0 unspecified atom stereocenters. The van der Waals surface area contributed by atoms with Crippen LogP contribution in [0.3, 0.4) is 0 Å². The molecule has 0 aliphatic heterocycles. The normalized spacial score (nSPS) is 11.5. The van der Waals surface area contributed by atoms with E-state index in [0.717, 1.165) is 23.1 Å². The molecule has 1 amide bonds. The van der Waals surface area contributed by atoms with Crippen LogP contribution in [-0.2, 0) is 21.4 Å². The predicted molar refractivity (Wildman–Crippen MR) is 114 cm³/mol. The summed E-state index contributed by atoms with van der Waals surface area (Å²) in [7, 11) is -1.58. The van der Waals surface area contributed by atoms with Crippen molar-refractivity contribution in [2.45, 2.75) is 6.54 Å². The monoisotopic (exact) mass is 410 g/mol. The number of rotatable bonds is 7. The molecule has 0 radical (unpaired) electrons. The van der Waals surface area contributed by atoms with E-state index < -0.39 is 10.0 Å². The van der Waals surface area contributed by atoms with E-state index in [2.05, 4.69) is 9.82 Å². The van der Waals surface area contributed by atoms with Crippen molar-refractivity contribution in [2.24, 2.45) is 0 Å². The van der Waals surface area contributed by atoms with Gasteiger partial charge in [-0.25, -0.2) is 13.1 Å². The quantitative estimate of drug-likeness (QED) is 0.607. The van der Waals surface area contributed by atoms with Crippen LogP contribution in [0.4, 0.5) is 5.69 Å². The molecule has 3 aromatic rings. The molecule has 0 aliphatic rings. The number of sulfonamides is 1. The minimum atomic E-state index is -3.31. The number of aromatic nitrogens is 2. The maximum atomic E-state index is 12.4. The van der Waals surface area contributed by atoms with Crippen LogP contribution < -0.4 is 4.72 Å². The number of benzene rings is 2. The first kappa shape index (κ1) is 20.3. The van der Waals surface area contributed by atoms with E-state index in [-0.39, 0.29) is 5.91 Å². The number of hydrogen-bond donors (Lipinski definition) is 1. The standard InChI is InChI=1S/C21H22N4O3S/c1-24(15-18-14-22-25(16-18)20-6-4-3-5-7-20)21(26)13-10-17-8-11-19(12-9-17)23-29(2,27)28/h3-14,16,23H,15H2,1-2H3/b13-10+. The summed E-state index contributed by atoms with van der Waals surface area (Å²) >= 11 is 0. The number of carbonyl (C=O) groups excluding carboxylic acids is 1. The first-order valence-electron chi connectivity index (χ1n) is 8.90. The summed E-state index contributed by atoms with van der Waals surface area (Å²) in [6, 6.07) is 16.5. The third kappa shape index (κ3) is 6.05. The first-order chi connectivity index (χ1) is 13.8. The van der Waals surface area contributed by atoms with E-state index in [1.165, 1.54) is 6.08 Å². The lowest BCUT2D eigenvalue weighted by molar-refractivity contribution is -0.125. The highest BCUT2D eigenvalue weighted by molar-refractivity contribution is 7.92. The average Bonchev–Trinajstić information content (AvgIpc) is 3.15. The van der Waals surface area contributed by atoms with Crippen molar-refractivity contribution in [1.82, 2.24) is 14.7 Å². The smallest absolute Gasteiger partial charge is 0.246 e. The molecule has 2 aromatic carbocycles. The first-order valence-corrected chi connectivity index (χ1v) is 10.8. The molecule has 0 fully saturated rings. The molecular formula is C21H22N4O3S. The van der Waals surface area contributed by atoms with Crippen LogP contribution in [-0.4, -0.2) is 42.3 Å². The van der Waals surface area contributed by atoms with Gasteiger partial charge in [-0.2, -0.15) is 5.10 Å². The van der Waals surface area contributed by atoms with Crippen molar-refractivity contribution in [3.05, 3.63) is 84.2 Å². The van der Waals surface area contributed by atoms with Gasteiger partial charge >= 0.3 is 0 Å². The summed E-state index contributed by atoms with van der Waals surface area (Å²) in [5.74, 6) is -0.143. The van der Waals surface area contributed by atoms with Crippen molar-refractivity contribution in [2.75, 3.05) is 18.0 Å². The van der Waals surface area contributed by atoms with Crippen LogP contribution in [0.25, 0.3) is 11.8 Å². The second-order valence-corrected chi connectivity index (χ2v) is 8.40. The van der Waals surface area contributed by atoms with Crippen molar-refractivity contribution in [3.8, 4) is 5.69 Å². The highest BCUT2D eigenvalue weighted by atomic mass is 32.2. The molecule has 1 heterocycles. The fourth-order valence-corrected chi connectivity index (χ4v) is 3.25. The Kier molecular flexibility index (Phi) is 6.13. The molecule has 0 aliphatic carbocycles. The van der Waals surface area contributed by atoms with E-state index in [9.17, 15) is 13.2 Å². The third-order valence-electron chi connectivity index (χ3n) is 4.09. The van der Waals surface area contributed by atoms with Crippen molar-refractivity contribution in [3.63, 3.8) is 0 Å². The van der Waals surface area contributed by atoms with Crippen LogP contribution in [0.5, 0.6) is 0 Å². The van der Waals surface area contributed by atoms with Gasteiger partial charge in [0.25, 0.3) is 0 Å². The second-order valence-electron chi connectivity index (χ2n) is 6.65. The van der Waals surface area contributed by atoms with Gasteiger partial charge in [0.2, 0.25) is 15.9 Å². The van der Waals surface area contributed by atoms with Crippen LogP contribution in [0.15, 0.2) is 73.1 Å². The number of amides is 1. The summed E-state index contributed by atoms with van der Waals surface area (Å²) in [5.41, 5.74) is 3.15. The summed E-state index contributed by atoms with van der Waals surface area (Å²) in [6.45, 7) is 0.438. The highest BCUT2D eigenvalue weighted by Crippen LogP contribution is 2.13. The molecule has 8 heteroatoms. The number of anilines is 1. The zero-order valence-electron chi connectivity index (χ0n) is 16.2. The molecule has 7 nitrogen and oxygen atoms in total. The summed E-state index contributed by atoms with van der Waals surface area (Å²) in [4.78, 5) is 14.0. The van der Waals surface area contributed by atoms with E-state index >= 15 is 0 Å². The lowest BCUT2D eigenvalue weighted by atomic mass is 10.2. The molecular weight excluding hydrogens is 388 g/mol. The molecule has 0 bridgehead atoms. The minimum absolute atomic E-state index is 0.143. The van der Waals surface area contributed by atoms with Crippen LogP contribution in [0.2, 0.25) is 0 Å². The Morgan fingerprint density at radius 1 is 1.14 bits per heavy atom. The number of hydrogen-bond acceptors (Lipinski definition) is 4. The van der Waals surface area contributed by atoms with Gasteiger partial charge < -0.3 is 4.90 Å². The Bertz CT molecular complexity index is 1100. The summed E-state index contributed by atoms with van der Waals surface area (Å²) in [6.07, 6.45) is 7.92. The Hall–Kier alpha value is -3.39. The average molecular weight is 410 g/mol. The topological polar surface area (TPSA) is 84.3 Å². The van der Waals surface area contributed by atoms with E-state index in [1.54, 1.807) is 53.2 Å². The van der Waals surface area contributed by atoms with Crippen LogP contribution in [0, 0.1) is 0 Å². The van der Waals surface area contributed by atoms with E-state index in [0.29, 0.717) is 12.2 Å². The van der Waals surface area contributed by atoms with Gasteiger partial charge in [-0.05, 0) is 35.9 Å². The van der Waals surface area contributed by atoms with Gasteiger partial charge in [0.15, 0.2) is 0 Å². The SMILES string of the molecule is CN(Cc1cnn(-c2ccccc2)c1)C(=O)/C=C/c1ccc(NS(C)(=O)=O)cc1. The van der Waals surface area contributed by atoms with Crippen LogP contribution >= 0.6 is 0 Å². The number of likely N-dealkylation sites (N-methyl/N-ethyl adjacent to an activating group) is 1. The molecule has 0 spiro atoms. The van der Waals surface area contributed by atoms with Crippen molar-refractivity contribution < 1.29 is 13.2 Å². The van der Waals surface area contributed by atoms with Gasteiger partial charge in [-0.3, -0.25) is 9.52 Å². The molecule has 0 saturated carbocycles. The molecule has 0 atom stereocenters. The Balaban J connectivity index is 1.58. The Morgan fingerprint density at radius 3 is 2.48 bits per heavy atom. The minimum Gasteiger partial charge on any atom is -0.338 e. The maximum Gasteiger partial charge on any atom is 0.246 e. The molecule has 1 N–H and O–H groups in total. The second kappa shape index (κ2) is 8.74. The van der Waals surface area contributed by atoms with Gasteiger partial charge in [0.1, 0.15) is 0 Å². The van der Waals surface area contributed by atoms with Gasteiger partial charge in [0, 0.05) is 37.1 Å². The number of para-hydroxylation sites is 1. The van der Waals surface area contributed by atoms with Gasteiger partial charge in [-0.15, -0.1) is 0 Å².